The monoisotopic (exact) mass is 317 g/mol. The maximum absolute atomic E-state index is 12.4. The van der Waals surface area contributed by atoms with Gasteiger partial charge in [-0.2, -0.15) is 0 Å². The number of rotatable bonds is 6. The van der Waals surface area contributed by atoms with Gasteiger partial charge >= 0.3 is 0 Å². The molecule has 0 aliphatic carbocycles. The highest BCUT2D eigenvalue weighted by Gasteiger charge is 2.34. The predicted octanol–water partition coefficient (Wildman–Crippen LogP) is 3.56. The van der Waals surface area contributed by atoms with E-state index in [0.29, 0.717) is 18.2 Å². The molecule has 0 bridgehead atoms. The zero-order valence-electron chi connectivity index (χ0n) is 14.0. The van der Waals surface area contributed by atoms with Crippen LogP contribution in [0.15, 0.2) is 35.4 Å². The summed E-state index contributed by atoms with van der Waals surface area (Å²) < 4.78 is 0. The summed E-state index contributed by atoms with van der Waals surface area (Å²) in [5.74, 6) is 0.536. The number of benzene rings is 1. The van der Waals surface area contributed by atoms with Gasteiger partial charge in [0, 0.05) is 29.9 Å². The summed E-state index contributed by atoms with van der Waals surface area (Å²) in [5.41, 5.74) is 2.38. The van der Waals surface area contributed by atoms with Crippen molar-refractivity contribution in [2.45, 2.75) is 40.3 Å². The van der Waals surface area contributed by atoms with E-state index < -0.39 is 4.92 Å². The number of nitrogens with one attached hydrogen (secondary N) is 1. The van der Waals surface area contributed by atoms with Crippen LogP contribution in [0.2, 0.25) is 0 Å². The Kier molecular flexibility index (Phi) is 5.03. The Balaban J connectivity index is 2.22. The molecule has 1 heterocycles. The third-order valence-corrected chi connectivity index (χ3v) is 4.20. The lowest BCUT2D eigenvalue weighted by molar-refractivity contribution is -0.384. The highest BCUT2D eigenvalue weighted by molar-refractivity contribution is 5.97. The average Bonchev–Trinajstić information content (AvgIpc) is 2.70. The van der Waals surface area contributed by atoms with Crippen LogP contribution in [0.1, 0.15) is 34.1 Å². The van der Waals surface area contributed by atoms with Crippen LogP contribution >= 0.6 is 0 Å². The number of hydrogen-bond donors (Lipinski definition) is 1. The SMILES string of the molecule is CC1=C(C)[C@@H](Nc2cccc([N+](=O)[O-])c2)N(CCC(C)C)C1=O. The van der Waals surface area contributed by atoms with Crippen molar-refractivity contribution in [3.63, 3.8) is 0 Å². The van der Waals surface area contributed by atoms with Crippen molar-refractivity contribution < 1.29 is 9.72 Å². The molecule has 0 fully saturated rings. The van der Waals surface area contributed by atoms with Gasteiger partial charge in [-0.15, -0.1) is 0 Å². The van der Waals surface area contributed by atoms with Gasteiger partial charge in [0.1, 0.15) is 6.17 Å². The van der Waals surface area contributed by atoms with Crippen molar-refractivity contribution in [3.05, 3.63) is 45.5 Å². The van der Waals surface area contributed by atoms with E-state index in [1.54, 1.807) is 12.1 Å². The fourth-order valence-electron chi connectivity index (χ4n) is 2.62. The largest absolute Gasteiger partial charge is 0.361 e. The Bertz CT molecular complexity index is 652. The van der Waals surface area contributed by atoms with Crippen LogP contribution in [0.3, 0.4) is 0 Å². The first-order valence-electron chi connectivity index (χ1n) is 7.80. The minimum Gasteiger partial charge on any atom is -0.361 e. The minimum absolute atomic E-state index is 0.0334. The van der Waals surface area contributed by atoms with Gasteiger partial charge in [-0.3, -0.25) is 14.9 Å². The van der Waals surface area contributed by atoms with Crippen molar-refractivity contribution >= 4 is 17.3 Å². The summed E-state index contributed by atoms with van der Waals surface area (Å²) in [6.07, 6.45) is 0.669. The Hall–Kier alpha value is -2.37. The fraction of sp³-hybridized carbons (Fsp3) is 0.471. The summed E-state index contributed by atoms with van der Waals surface area (Å²) in [6, 6.07) is 6.36. The molecule has 0 spiro atoms. The molecule has 0 saturated carbocycles. The first-order chi connectivity index (χ1) is 10.8. The van der Waals surface area contributed by atoms with Gasteiger partial charge < -0.3 is 10.2 Å². The standard InChI is InChI=1S/C17H23N3O3/c1-11(2)8-9-19-16(12(3)13(4)17(19)21)18-14-6-5-7-15(10-14)20(22)23/h5-7,10-11,16,18H,8-9H2,1-4H3/t16-/m0/s1. The third-order valence-electron chi connectivity index (χ3n) is 4.20. The molecule has 1 N–H and O–H groups in total. The molecular weight excluding hydrogens is 294 g/mol. The molecule has 1 atom stereocenters. The normalized spacial score (nSPS) is 18.0. The van der Waals surface area contributed by atoms with E-state index in [-0.39, 0.29) is 17.8 Å². The van der Waals surface area contributed by atoms with Crippen LogP contribution in [0.4, 0.5) is 11.4 Å². The van der Waals surface area contributed by atoms with Crippen molar-refractivity contribution in [3.8, 4) is 0 Å². The van der Waals surface area contributed by atoms with E-state index in [4.69, 9.17) is 0 Å². The van der Waals surface area contributed by atoms with Gasteiger partial charge in [0.05, 0.1) is 4.92 Å². The summed E-state index contributed by atoms with van der Waals surface area (Å²) in [7, 11) is 0. The van der Waals surface area contributed by atoms with Crippen LogP contribution < -0.4 is 5.32 Å². The van der Waals surface area contributed by atoms with E-state index in [2.05, 4.69) is 19.2 Å². The molecule has 1 aliphatic rings. The molecule has 1 aliphatic heterocycles. The Labute approximate surface area is 136 Å². The molecule has 124 valence electrons. The van der Waals surface area contributed by atoms with Crippen molar-refractivity contribution in [1.29, 1.82) is 0 Å². The average molecular weight is 317 g/mol. The zero-order chi connectivity index (χ0) is 17.1. The third kappa shape index (κ3) is 3.70. The summed E-state index contributed by atoms with van der Waals surface area (Å²) in [5, 5.41) is 14.2. The van der Waals surface area contributed by atoms with Crippen molar-refractivity contribution in [1.82, 2.24) is 4.90 Å². The molecular formula is C17H23N3O3. The number of nitro benzene ring substituents is 1. The van der Waals surface area contributed by atoms with Gasteiger partial charge in [-0.25, -0.2) is 0 Å². The van der Waals surface area contributed by atoms with Crippen LogP contribution in [0.25, 0.3) is 0 Å². The van der Waals surface area contributed by atoms with Gasteiger partial charge in [0.25, 0.3) is 11.6 Å². The van der Waals surface area contributed by atoms with Gasteiger partial charge in [-0.05, 0) is 37.8 Å². The second-order valence-corrected chi connectivity index (χ2v) is 6.34. The maximum Gasteiger partial charge on any atom is 0.271 e. The Morgan fingerprint density at radius 3 is 2.65 bits per heavy atom. The number of non-ortho nitro benzene ring substituents is 1. The molecule has 1 amide bonds. The minimum atomic E-state index is -0.421. The molecule has 0 aromatic heterocycles. The highest BCUT2D eigenvalue weighted by atomic mass is 16.6. The Morgan fingerprint density at radius 1 is 1.35 bits per heavy atom. The van der Waals surface area contributed by atoms with E-state index in [9.17, 15) is 14.9 Å². The van der Waals surface area contributed by atoms with Gasteiger partial charge in [0.15, 0.2) is 0 Å². The second kappa shape index (κ2) is 6.81. The van der Waals surface area contributed by atoms with E-state index in [1.165, 1.54) is 12.1 Å². The number of anilines is 1. The van der Waals surface area contributed by atoms with Gasteiger partial charge in [-0.1, -0.05) is 19.9 Å². The van der Waals surface area contributed by atoms with E-state index >= 15 is 0 Å². The van der Waals surface area contributed by atoms with Crippen LogP contribution in [-0.4, -0.2) is 28.4 Å². The molecule has 23 heavy (non-hydrogen) atoms. The zero-order valence-corrected chi connectivity index (χ0v) is 14.0. The smallest absolute Gasteiger partial charge is 0.271 e. The number of carbonyl (C=O) groups excluding carboxylic acids is 1. The first-order valence-corrected chi connectivity index (χ1v) is 7.80. The summed E-state index contributed by atoms with van der Waals surface area (Å²) in [4.78, 5) is 24.7. The lowest BCUT2D eigenvalue weighted by Crippen LogP contribution is -2.41. The van der Waals surface area contributed by atoms with E-state index in [0.717, 1.165) is 17.6 Å². The molecule has 6 nitrogen and oxygen atoms in total. The lowest BCUT2D eigenvalue weighted by Gasteiger charge is -2.28. The van der Waals surface area contributed by atoms with Crippen molar-refractivity contribution in [2.24, 2.45) is 5.92 Å². The topological polar surface area (TPSA) is 75.5 Å². The molecule has 0 saturated heterocycles. The highest BCUT2D eigenvalue weighted by Crippen LogP contribution is 2.28. The first kappa shape index (κ1) is 17.0. The molecule has 1 aromatic carbocycles. The molecule has 0 radical (unpaired) electrons. The number of hydrogen-bond acceptors (Lipinski definition) is 4. The number of nitro groups is 1. The maximum atomic E-state index is 12.4. The van der Waals surface area contributed by atoms with Crippen LogP contribution in [0, 0.1) is 16.0 Å². The quantitative estimate of drug-likeness (QED) is 0.643. The molecule has 6 heteroatoms. The lowest BCUT2D eigenvalue weighted by atomic mass is 10.1. The van der Waals surface area contributed by atoms with Crippen LogP contribution in [0.5, 0.6) is 0 Å². The number of carbonyl (C=O) groups is 1. The number of nitrogens with zero attached hydrogens (tertiary/aromatic N) is 2. The summed E-state index contributed by atoms with van der Waals surface area (Å²) >= 11 is 0. The number of amides is 1. The fourth-order valence-corrected chi connectivity index (χ4v) is 2.62. The van der Waals surface area contributed by atoms with Gasteiger partial charge in [0.2, 0.25) is 0 Å². The second-order valence-electron chi connectivity index (χ2n) is 6.34. The summed E-state index contributed by atoms with van der Waals surface area (Å²) in [6.45, 7) is 8.66. The molecule has 1 aromatic rings. The van der Waals surface area contributed by atoms with Crippen LogP contribution in [-0.2, 0) is 4.79 Å². The molecule has 2 rings (SSSR count). The molecule has 0 unspecified atom stereocenters. The van der Waals surface area contributed by atoms with Crippen molar-refractivity contribution in [2.75, 3.05) is 11.9 Å². The predicted molar refractivity (Wildman–Crippen MR) is 90.0 cm³/mol. The van der Waals surface area contributed by atoms with E-state index in [1.807, 2.05) is 18.7 Å². The Morgan fingerprint density at radius 2 is 2.04 bits per heavy atom.